The Balaban J connectivity index is 1.91. The van der Waals surface area contributed by atoms with Crippen molar-refractivity contribution in [3.63, 3.8) is 0 Å². The Kier molecular flexibility index (Phi) is 3.46. The summed E-state index contributed by atoms with van der Waals surface area (Å²) in [5.41, 5.74) is 2.62. The summed E-state index contributed by atoms with van der Waals surface area (Å²) in [6.07, 6.45) is -0.905. The molecule has 0 bridgehead atoms. The molecule has 2 aliphatic heterocycles. The third-order valence-corrected chi connectivity index (χ3v) is 5.73. The molecule has 0 fully saturated rings. The molecule has 3 heterocycles. The number of carbonyl (C=O) groups is 1. The molecule has 0 saturated carbocycles. The molecule has 0 aliphatic carbocycles. The van der Waals surface area contributed by atoms with Crippen LogP contribution in [0, 0.1) is 0 Å². The van der Waals surface area contributed by atoms with E-state index in [9.17, 15) is 4.79 Å². The molecule has 138 valence electrons. The number of aromatic nitrogens is 1. The molecule has 3 atom stereocenters. The Morgan fingerprint density at radius 1 is 1.00 bits per heavy atom. The second-order valence-electron chi connectivity index (χ2n) is 6.81. The number of ketones is 1. The number of hydrogen-bond acceptors (Lipinski definition) is 5. The predicted octanol–water partition coefficient (Wildman–Crippen LogP) is 3.34. The van der Waals surface area contributed by atoms with Crippen molar-refractivity contribution >= 4 is 22.4 Å². The summed E-state index contributed by atoms with van der Waals surface area (Å²) < 4.78 is 17.7. The number of H-pyrrole nitrogens is 1. The number of hydrogen-bond donors (Lipinski definition) is 1. The lowest BCUT2D eigenvalue weighted by molar-refractivity contribution is -0.0973. The monoisotopic (exact) mass is 364 g/mol. The smallest absolute Gasteiger partial charge is 0.250 e. The first-order chi connectivity index (χ1) is 13.2. The number of para-hydroxylation sites is 2. The Morgan fingerprint density at radius 3 is 2.48 bits per heavy atom. The SMILES string of the molecule is CO[C@@H]1[C@@H](OC)c2c([nH]c3ccccc23)[C@]2(OC)C(=O)c3ccccc3N12. The first-order valence-corrected chi connectivity index (χ1v) is 8.84. The fraction of sp³-hybridized carbons (Fsp3) is 0.286. The fourth-order valence-corrected chi connectivity index (χ4v) is 4.65. The average molecular weight is 364 g/mol. The van der Waals surface area contributed by atoms with Gasteiger partial charge in [-0.25, -0.2) is 0 Å². The van der Waals surface area contributed by atoms with Gasteiger partial charge in [0.1, 0.15) is 6.10 Å². The molecule has 2 aliphatic rings. The molecule has 3 aromatic rings. The van der Waals surface area contributed by atoms with Gasteiger partial charge in [0.2, 0.25) is 11.5 Å². The standard InChI is InChI=1S/C21H20N2O4/c1-25-17-16-12-8-4-6-10-14(12)22-18(16)21(27-3)19(24)13-9-5-7-11-15(13)23(21)20(17)26-2/h4-11,17,20,22H,1-3H3/t17-,20+,21-/m0/s1. The van der Waals surface area contributed by atoms with Gasteiger partial charge in [-0.2, -0.15) is 0 Å². The normalized spacial score (nSPS) is 26.2. The molecular formula is C21H20N2O4. The van der Waals surface area contributed by atoms with Crippen molar-refractivity contribution in [3.8, 4) is 0 Å². The second-order valence-corrected chi connectivity index (χ2v) is 6.81. The summed E-state index contributed by atoms with van der Waals surface area (Å²) in [5, 5.41) is 1.00. The topological polar surface area (TPSA) is 63.8 Å². The van der Waals surface area contributed by atoms with Crippen LogP contribution in [-0.2, 0) is 19.9 Å². The number of nitrogens with zero attached hydrogens (tertiary/aromatic N) is 1. The lowest BCUT2D eigenvalue weighted by Crippen LogP contribution is -2.60. The molecule has 6 nitrogen and oxygen atoms in total. The highest BCUT2D eigenvalue weighted by molar-refractivity contribution is 6.14. The first kappa shape index (κ1) is 16.5. The van der Waals surface area contributed by atoms with E-state index >= 15 is 0 Å². The maximum atomic E-state index is 13.6. The Labute approximate surface area is 156 Å². The van der Waals surface area contributed by atoms with E-state index in [2.05, 4.69) is 4.98 Å². The van der Waals surface area contributed by atoms with Gasteiger partial charge in [-0.3, -0.25) is 4.79 Å². The molecule has 5 rings (SSSR count). The zero-order valence-corrected chi connectivity index (χ0v) is 15.4. The molecule has 0 unspecified atom stereocenters. The van der Waals surface area contributed by atoms with E-state index in [0.29, 0.717) is 11.3 Å². The van der Waals surface area contributed by atoms with Gasteiger partial charge in [-0.1, -0.05) is 30.3 Å². The van der Waals surface area contributed by atoms with E-state index in [1.807, 2.05) is 53.4 Å². The van der Waals surface area contributed by atoms with Crippen LogP contribution in [0.5, 0.6) is 0 Å². The van der Waals surface area contributed by atoms with Crippen LogP contribution >= 0.6 is 0 Å². The molecule has 6 heteroatoms. The molecule has 2 aromatic carbocycles. The minimum Gasteiger partial charge on any atom is -0.372 e. The van der Waals surface area contributed by atoms with Crippen LogP contribution in [0.25, 0.3) is 10.9 Å². The van der Waals surface area contributed by atoms with E-state index in [-0.39, 0.29) is 11.9 Å². The van der Waals surface area contributed by atoms with E-state index in [0.717, 1.165) is 22.2 Å². The number of benzene rings is 2. The second kappa shape index (κ2) is 5.66. The number of ether oxygens (including phenoxy) is 3. The van der Waals surface area contributed by atoms with Crippen LogP contribution in [-0.4, -0.2) is 38.3 Å². The minimum atomic E-state index is -1.31. The van der Waals surface area contributed by atoms with Gasteiger partial charge in [-0.05, 0) is 18.2 Å². The summed E-state index contributed by atoms with van der Waals surface area (Å²) in [6, 6.07) is 15.5. The van der Waals surface area contributed by atoms with Crippen LogP contribution in [0.2, 0.25) is 0 Å². The average Bonchev–Trinajstić information content (AvgIpc) is 3.22. The largest absolute Gasteiger partial charge is 0.372 e. The van der Waals surface area contributed by atoms with Gasteiger partial charge < -0.3 is 24.1 Å². The van der Waals surface area contributed by atoms with E-state index in [1.165, 1.54) is 0 Å². The van der Waals surface area contributed by atoms with Crippen LogP contribution in [0.1, 0.15) is 27.7 Å². The molecule has 0 amide bonds. The third kappa shape index (κ3) is 1.82. The molecule has 0 radical (unpaired) electrons. The van der Waals surface area contributed by atoms with Crippen molar-refractivity contribution in [2.75, 3.05) is 26.2 Å². The van der Waals surface area contributed by atoms with E-state index < -0.39 is 12.0 Å². The molecular weight excluding hydrogens is 344 g/mol. The predicted molar refractivity (Wildman–Crippen MR) is 101 cm³/mol. The zero-order chi connectivity index (χ0) is 18.8. The highest BCUT2D eigenvalue weighted by Gasteiger charge is 2.62. The van der Waals surface area contributed by atoms with Crippen LogP contribution in [0.4, 0.5) is 5.69 Å². The van der Waals surface area contributed by atoms with Crippen molar-refractivity contribution in [2.24, 2.45) is 0 Å². The number of methoxy groups -OCH3 is 3. The maximum absolute atomic E-state index is 13.6. The molecule has 0 saturated heterocycles. The lowest BCUT2D eigenvalue weighted by atomic mass is 9.89. The molecule has 1 aromatic heterocycles. The zero-order valence-electron chi connectivity index (χ0n) is 15.4. The van der Waals surface area contributed by atoms with Gasteiger partial charge >= 0.3 is 0 Å². The summed E-state index contributed by atoms with van der Waals surface area (Å²) >= 11 is 0. The summed E-state index contributed by atoms with van der Waals surface area (Å²) in [7, 11) is 4.85. The van der Waals surface area contributed by atoms with Gasteiger partial charge in [0.15, 0.2) is 6.23 Å². The Hall–Kier alpha value is -2.67. The maximum Gasteiger partial charge on any atom is 0.250 e. The fourth-order valence-electron chi connectivity index (χ4n) is 4.65. The van der Waals surface area contributed by atoms with Gasteiger partial charge in [0.05, 0.1) is 11.4 Å². The molecule has 1 N–H and O–H groups in total. The third-order valence-electron chi connectivity index (χ3n) is 5.73. The minimum absolute atomic E-state index is 0.106. The van der Waals surface area contributed by atoms with Crippen LogP contribution in [0.3, 0.4) is 0 Å². The van der Waals surface area contributed by atoms with Crippen LogP contribution in [0.15, 0.2) is 48.5 Å². The first-order valence-electron chi connectivity index (χ1n) is 8.84. The van der Waals surface area contributed by atoms with Gasteiger partial charge in [0.25, 0.3) is 0 Å². The van der Waals surface area contributed by atoms with Gasteiger partial charge in [0, 0.05) is 43.4 Å². The molecule has 0 spiro atoms. The van der Waals surface area contributed by atoms with Crippen molar-refractivity contribution in [2.45, 2.75) is 18.1 Å². The number of carbonyl (C=O) groups excluding carboxylic acids is 1. The van der Waals surface area contributed by atoms with Gasteiger partial charge in [-0.15, -0.1) is 0 Å². The summed E-state index contributed by atoms with van der Waals surface area (Å²) in [5.74, 6) is -0.106. The number of rotatable bonds is 3. The number of aromatic amines is 1. The van der Waals surface area contributed by atoms with E-state index in [1.54, 1.807) is 21.3 Å². The van der Waals surface area contributed by atoms with E-state index in [4.69, 9.17) is 14.2 Å². The van der Waals surface area contributed by atoms with Crippen molar-refractivity contribution < 1.29 is 19.0 Å². The Bertz CT molecular complexity index is 1060. The number of Topliss-reactive ketones (excluding diaryl/α,β-unsaturated/α-hetero) is 1. The van der Waals surface area contributed by atoms with Crippen molar-refractivity contribution in [1.29, 1.82) is 0 Å². The Morgan fingerprint density at radius 2 is 1.74 bits per heavy atom. The number of anilines is 1. The highest BCUT2D eigenvalue weighted by Crippen LogP contribution is 2.55. The quantitative estimate of drug-likeness (QED) is 0.772. The van der Waals surface area contributed by atoms with Crippen LogP contribution < -0.4 is 4.90 Å². The van der Waals surface area contributed by atoms with Crippen molar-refractivity contribution in [3.05, 3.63) is 65.4 Å². The lowest BCUT2D eigenvalue weighted by Gasteiger charge is -2.47. The summed E-state index contributed by atoms with van der Waals surface area (Å²) in [4.78, 5) is 18.9. The number of fused-ring (bicyclic) bond motifs is 7. The highest BCUT2D eigenvalue weighted by atomic mass is 16.6. The molecule has 27 heavy (non-hydrogen) atoms. The van der Waals surface area contributed by atoms with Crippen molar-refractivity contribution in [1.82, 2.24) is 4.98 Å². The number of nitrogens with one attached hydrogen (secondary N) is 1. The summed E-state index contributed by atoms with van der Waals surface area (Å²) in [6.45, 7) is 0.